The number of rotatable bonds is 7. The number of imide groups is 1. The summed E-state index contributed by atoms with van der Waals surface area (Å²) >= 11 is 6.68. The minimum absolute atomic E-state index is 0.0778. The summed E-state index contributed by atoms with van der Waals surface area (Å²) in [5, 5.41) is 2.87. The van der Waals surface area contributed by atoms with E-state index in [0.717, 1.165) is 22.2 Å². The Morgan fingerprint density at radius 3 is 2.76 bits per heavy atom. The molecule has 7 nitrogen and oxygen atoms in total. The summed E-state index contributed by atoms with van der Waals surface area (Å²) < 4.78 is 5.54. The van der Waals surface area contributed by atoms with E-state index in [1.54, 1.807) is 61.8 Å². The van der Waals surface area contributed by atoms with Crippen molar-refractivity contribution < 1.29 is 19.1 Å². The average molecular weight is 432 g/mol. The second-order valence-corrected chi connectivity index (χ2v) is 7.55. The molecule has 1 aromatic carbocycles. The number of nitrogens with one attached hydrogen (secondary N) is 1. The molecule has 150 valence electrons. The van der Waals surface area contributed by atoms with Crippen LogP contribution in [-0.2, 0) is 9.59 Å². The molecule has 1 fully saturated rings. The highest BCUT2D eigenvalue weighted by atomic mass is 35.5. The van der Waals surface area contributed by atoms with Crippen molar-refractivity contribution in [2.75, 3.05) is 13.1 Å². The Hall–Kier alpha value is -2.84. The number of halogens is 1. The van der Waals surface area contributed by atoms with Crippen molar-refractivity contribution in [3.63, 3.8) is 0 Å². The first-order chi connectivity index (χ1) is 13.9. The lowest BCUT2D eigenvalue weighted by molar-refractivity contribution is -0.128. The van der Waals surface area contributed by atoms with Gasteiger partial charge in [-0.15, -0.1) is 0 Å². The Balaban J connectivity index is 1.50. The molecule has 0 saturated carbocycles. The Kier molecular flexibility index (Phi) is 6.90. The van der Waals surface area contributed by atoms with E-state index in [-0.39, 0.29) is 30.1 Å². The summed E-state index contributed by atoms with van der Waals surface area (Å²) in [7, 11) is 0. The zero-order valence-electron chi connectivity index (χ0n) is 15.5. The fourth-order valence-corrected chi connectivity index (χ4v) is 3.50. The van der Waals surface area contributed by atoms with Crippen LogP contribution in [0.4, 0.5) is 4.79 Å². The Morgan fingerprint density at radius 2 is 2.07 bits per heavy atom. The Labute approximate surface area is 177 Å². The van der Waals surface area contributed by atoms with Crippen LogP contribution in [0.25, 0.3) is 6.08 Å². The number of pyridine rings is 1. The summed E-state index contributed by atoms with van der Waals surface area (Å²) in [5.74, 6) is -0.218. The summed E-state index contributed by atoms with van der Waals surface area (Å²) in [6.45, 7) is 1.82. The maximum atomic E-state index is 12.4. The molecule has 1 aliphatic rings. The number of hydrogen-bond donors (Lipinski definition) is 1. The first kappa shape index (κ1) is 20.9. The van der Waals surface area contributed by atoms with Gasteiger partial charge < -0.3 is 10.1 Å². The molecule has 3 amide bonds. The molecule has 29 heavy (non-hydrogen) atoms. The maximum absolute atomic E-state index is 12.4. The standard InChI is InChI=1S/C20H18ClN3O4S/c1-13(28-16-6-4-15(21)5-7-16)18(25)23-9-10-24-19(26)17(29-20(24)27)11-14-3-2-8-22-12-14/h2-8,11-13H,9-10H2,1H3,(H,23,25)/b17-11-/t13-/m1/s1. The number of ether oxygens (including phenoxy) is 1. The van der Waals surface area contributed by atoms with Crippen LogP contribution in [0.5, 0.6) is 5.75 Å². The molecule has 1 saturated heterocycles. The smallest absolute Gasteiger partial charge is 0.293 e. The molecule has 9 heteroatoms. The lowest BCUT2D eigenvalue weighted by Crippen LogP contribution is -2.41. The van der Waals surface area contributed by atoms with Crippen LogP contribution in [0.1, 0.15) is 12.5 Å². The van der Waals surface area contributed by atoms with Crippen LogP contribution in [0, 0.1) is 0 Å². The number of carbonyl (C=O) groups excluding carboxylic acids is 3. The third kappa shape index (κ3) is 5.58. The largest absolute Gasteiger partial charge is 0.481 e. The molecule has 0 radical (unpaired) electrons. The van der Waals surface area contributed by atoms with Gasteiger partial charge in [0.15, 0.2) is 6.10 Å². The fraction of sp³-hybridized carbons (Fsp3) is 0.200. The van der Waals surface area contributed by atoms with Gasteiger partial charge in [-0.05, 0) is 60.7 Å². The molecule has 2 heterocycles. The molecule has 3 rings (SSSR count). The molecule has 1 aromatic heterocycles. The summed E-state index contributed by atoms with van der Waals surface area (Å²) in [6.07, 6.45) is 4.12. The molecule has 0 bridgehead atoms. The van der Waals surface area contributed by atoms with Gasteiger partial charge in [0.1, 0.15) is 5.75 Å². The van der Waals surface area contributed by atoms with Crippen LogP contribution in [0.2, 0.25) is 5.02 Å². The number of carbonyl (C=O) groups is 3. The topological polar surface area (TPSA) is 88.6 Å². The molecule has 0 aliphatic carbocycles. The minimum atomic E-state index is -0.739. The average Bonchev–Trinajstić information content (AvgIpc) is 2.97. The molecular formula is C20H18ClN3O4S. The van der Waals surface area contributed by atoms with Gasteiger partial charge in [-0.2, -0.15) is 0 Å². The highest BCUT2D eigenvalue weighted by Crippen LogP contribution is 2.31. The van der Waals surface area contributed by atoms with E-state index in [4.69, 9.17) is 16.3 Å². The normalized spacial score (nSPS) is 16.2. The molecule has 1 N–H and O–H groups in total. The molecule has 0 unspecified atom stereocenters. The van der Waals surface area contributed by atoms with Gasteiger partial charge in [-0.1, -0.05) is 17.7 Å². The van der Waals surface area contributed by atoms with Gasteiger partial charge in [0.05, 0.1) is 4.91 Å². The Morgan fingerprint density at radius 1 is 1.31 bits per heavy atom. The first-order valence-corrected chi connectivity index (χ1v) is 9.99. The van der Waals surface area contributed by atoms with E-state index < -0.39 is 6.10 Å². The quantitative estimate of drug-likeness (QED) is 0.676. The van der Waals surface area contributed by atoms with Crippen LogP contribution in [0.3, 0.4) is 0 Å². The van der Waals surface area contributed by atoms with E-state index in [2.05, 4.69) is 10.3 Å². The van der Waals surface area contributed by atoms with Crippen molar-refractivity contribution in [2.24, 2.45) is 0 Å². The molecular weight excluding hydrogens is 414 g/mol. The van der Waals surface area contributed by atoms with Crippen LogP contribution in [-0.4, -0.2) is 46.1 Å². The van der Waals surface area contributed by atoms with E-state index >= 15 is 0 Å². The second kappa shape index (κ2) is 9.58. The van der Waals surface area contributed by atoms with Crippen LogP contribution >= 0.6 is 23.4 Å². The highest BCUT2D eigenvalue weighted by molar-refractivity contribution is 8.18. The lowest BCUT2D eigenvalue weighted by atomic mass is 10.2. The van der Waals surface area contributed by atoms with Crippen molar-refractivity contribution in [3.8, 4) is 5.75 Å². The predicted octanol–water partition coefficient (Wildman–Crippen LogP) is 3.36. The van der Waals surface area contributed by atoms with E-state index in [9.17, 15) is 14.4 Å². The van der Waals surface area contributed by atoms with Gasteiger partial charge in [0.25, 0.3) is 17.1 Å². The highest BCUT2D eigenvalue weighted by Gasteiger charge is 2.34. The molecule has 1 atom stereocenters. The third-order valence-electron chi connectivity index (χ3n) is 3.99. The van der Waals surface area contributed by atoms with Crippen molar-refractivity contribution >= 4 is 46.5 Å². The lowest BCUT2D eigenvalue weighted by Gasteiger charge is -2.16. The first-order valence-electron chi connectivity index (χ1n) is 8.79. The number of hydrogen-bond acceptors (Lipinski definition) is 6. The Bertz CT molecular complexity index is 935. The zero-order valence-corrected chi connectivity index (χ0v) is 17.1. The van der Waals surface area contributed by atoms with E-state index in [1.165, 1.54) is 0 Å². The van der Waals surface area contributed by atoms with Crippen LogP contribution in [0.15, 0.2) is 53.7 Å². The maximum Gasteiger partial charge on any atom is 0.293 e. The SMILES string of the molecule is C[C@@H](Oc1ccc(Cl)cc1)C(=O)NCCN1C(=O)S/C(=C\c2cccnc2)C1=O. The van der Waals surface area contributed by atoms with E-state index in [1.807, 2.05) is 0 Å². The van der Waals surface area contributed by atoms with Crippen molar-refractivity contribution in [3.05, 3.63) is 64.3 Å². The van der Waals surface area contributed by atoms with Gasteiger partial charge >= 0.3 is 0 Å². The number of amides is 3. The zero-order chi connectivity index (χ0) is 20.8. The molecule has 0 spiro atoms. The predicted molar refractivity (Wildman–Crippen MR) is 111 cm³/mol. The summed E-state index contributed by atoms with van der Waals surface area (Å²) in [5.41, 5.74) is 0.736. The second-order valence-electron chi connectivity index (χ2n) is 6.12. The monoisotopic (exact) mass is 431 g/mol. The van der Waals surface area contributed by atoms with Gasteiger partial charge in [0, 0.05) is 30.5 Å². The number of thioether (sulfide) groups is 1. The molecule has 1 aliphatic heterocycles. The summed E-state index contributed by atoms with van der Waals surface area (Å²) in [6, 6.07) is 10.2. The van der Waals surface area contributed by atoms with Gasteiger partial charge in [0.2, 0.25) is 0 Å². The fourth-order valence-electron chi connectivity index (χ4n) is 2.51. The van der Waals surface area contributed by atoms with Crippen molar-refractivity contribution in [1.29, 1.82) is 0 Å². The minimum Gasteiger partial charge on any atom is -0.481 e. The van der Waals surface area contributed by atoms with Crippen molar-refractivity contribution in [2.45, 2.75) is 13.0 Å². The third-order valence-corrected chi connectivity index (χ3v) is 5.15. The van der Waals surface area contributed by atoms with E-state index in [0.29, 0.717) is 15.7 Å². The van der Waals surface area contributed by atoms with Gasteiger partial charge in [-0.25, -0.2) is 0 Å². The summed E-state index contributed by atoms with van der Waals surface area (Å²) in [4.78, 5) is 42.2. The van der Waals surface area contributed by atoms with Crippen molar-refractivity contribution in [1.82, 2.24) is 15.2 Å². The number of aromatic nitrogens is 1. The number of benzene rings is 1. The number of nitrogens with zero attached hydrogens (tertiary/aromatic N) is 2. The van der Waals surface area contributed by atoms with Crippen LogP contribution < -0.4 is 10.1 Å². The van der Waals surface area contributed by atoms with Gasteiger partial charge in [-0.3, -0.25) is 24.3 Å². The molecule has 2 aromatic rings.